The highest BCUT2D eigenvalue weighted by Gasteiger charge is 2.14. The second-order valence-electron chi connectivity index (χ2n) is 1.89. The number of nitrogens with one attached hydrogen (secondary N) is 1. The first kappa shape index (κ1) is 4.49. The summed E-state index contributed by atoms with van der Waals surface area (Å²) in [5, 5.41) is 0. The zero-order valence-electron chi connectivity index (χ0n) is 4.59. The first-order valence-electron chi connectivity index (χ1n) is 2.63. The van der Waals surface area contributed by atoms with E-state index in [0.717, 1.165) is 5.56 Å². The summed E-state index contributed by atoms with van der Waals surface area (Å²) in [5.41, 5.74) is 1.56. The van der Waals surface area contributed by atoms with Gasteiger partial charge in [-0.1, -0.05) is 0 Å². The molecule has 9 heavy (non-hydrogen) atoms. The molecule has 3 heteroatoms. The lowest BCUT2D eigenvalue weighted by molar-refractivity contribution is 0.101. The molecule has 1 aliphatic heterocycles. The van der Waals surface area contributed by atoms with Gasteiger partial charge in [0.2, 0.25) is 0 Å². The molecule has 0 saturated heterocycles. The Labute approximate surface area is 51.4 Å². The molecule has 1 amide bonds. The molecule has 0 saturated carbocycles. The number of rotatable bonds is 0. The minimum atomic E-state index is -0.147. The Morgan fingerprint density at radius 1 is 1.44 bits per heavy atom. The zero-order valence-corrected chi connectivity index (χ0v) is 4.59. The largest absolute Gasteiger partial charge is 0.366 e. The Morgan fingerprint density at radius 3 is 3.11 bits per heavy atom. The van der Waals surface area contributed by atoms with Crippen molar-refractivity contribution in [3.8, 4) is 0 Å². The van der Waals surface area contributed by atoms with E-state index in [1.165, 1.54) is 0 Å². The SMILES string of the molecule is O=C1N=Cc2c[nH]cc21. The van der Waals surface area contributed by atoms with Crippen molar-refractivity contribution in [2.75, 3.05) is 0 Å². The van der Waals surface area contributed by atoms with Gasteiger partial charge in [-0.3, -0.25) is 4.79 Å². The molecule has 1 aromatic rings. The quantitative estimate of drug-likeness (QED) is 0.535. The van der Waals surface area contributed by atoms with Crippen molar-refractivity contribution in [3.05, 3.63) is 23.5 Å². The molecule has 0 fully saturated rings. The van der Waals surface area contributed by atoms with Crippen molar-refractivity contribution in [2.24, 2.45) is 4.99 Å². The van der Waals surface area contributed by atoms with Crippen molar-refractivity contribution in [2.45, 2.75) is 0 Å². The molecule has 0 unspecified atom stereocenters. The molecule has 3 nitrogen and oxygen atoms in total. The number of amides is 1. The molecule has 1 aromatic heterocycles. The lowest BCUT2D eigenvalue weighted by atomic mass is 10.2. The Balaban J connectivity index is 2.73. The number of hydrogen-bond donors (Lipinski definition) is 1. The third kappa shape index (κ3) is 0.455. The summed E-state index contributed by atoms with van der Waals surface area (Å²) in [6.07, 6.45) is 4.97. The van der Waals surface area contributed by atoms with Crippen LogP contribution in [0.1, 0.15) is 15.9 Å². The van der Waals surface area contributed by atoms with E-state index in [1.54, 1.807) is 18.6 Å². The monoisotopic (exact) mass is 120 g/mol. The van der Waals surface area contributed by atoms with Crippen molar-refractivity contribution >= 4 is 12.1 Å². The van der Waals surface area contributed by atoms with Gasteiger partial charge in [0.15, 0.2) is 0 Å². The Morgan fingerprint density at radius 2 is 2.33 bits per heavy atom. The molecule has 1 aliphatic rings. The Hall–Kier alpha value is -1.38. The number of carbonyl (C=O) groups is 1. The second-order valence-corrected chi connectivity index (χ2v) is 1.89. The van der Waals surface area contributed by atoms with Gasteiger partial charge >= 0.3 is 0 Å². The maximum Gasteiger partial charge on any atom is 0.279 e. The molecule has 0 bridgehead atoms. The lowest BCUT2D eigenvalue weighted by Gasteiger charge is -1.77. The van der Waals surface area contributed by atoms with Crippen LogP contribution in [0.4, 0.5) is 0 Å². The van der Waals surface area contributed by atoms with Crippen molar-refractivity contribution in [1.82, 2.24) is 4.98 Å². The van der Waals surface area contributed by atoms with E-state index in [9.17, 15) is 4.79 Å². The average Bonchev–Trinajstić information content (AvgIpc) is 2.35. The minimum Gasteiger partial charge on any atom is -0.366 e. The molecule has 0 spiro atoms. The summed E-state index contributed by atoms with van der Waals surface area (Å²) < 4.78 is 0. The maximum absolute atomic E-state index is 10.7. The van der Waals surface area contributed by atoms with Crippen LogP contribution in [0.2, 0.25) is 0 Å². The van der Waals surface area contributed by atoms with E-state index in [4.69, 9.17) is 0 Å². The van der Waals surface area contributed by atoms with Crippen LogP contribution < -0.4 is 0 Å². The van der Waals surface area contributed by atoms with Crippen LogP contribution in [0.5, 0.6) is 0 Å². The van der Waals surface area contributed by atoms with Crippen LogP contribution >= 0.6 is 0 Å². The topological polar surface area (TPSA) is 45.2 Å². The van der Waals surface area contributed by atoms with Crippen molar-refractivity contribution in [1.29, 1.82) is 0 Å². The van der Waals surface area contributed by atoms with E-state index in [0.29, 0.717) is 5.56 Å². The summed E-state index contributed by atoms with van der Waals surface area (Å²) in [6, 6.07) is 0. The van der Waals surface area contributed by atoms with Gasteiger partial charge in [-0.05, 0) is 0 Å². The van der Waals surface area contributed by atoms with Crippen molar-refractivity contribution in [3.63, 3.8) is 0 Å². The van der Waals surface area contributed by atoms with Gasteiger partial charge in [0, 0.05) is 24.2 Å². The fourth-order valence-corrected chi connectivity index (χ4v) is 0.866. The fourth-order valence-electron chi connectivity index (χ4n) is 0.866. The highest BCUT2D eigenvalue weighted by atomic mass is 16.1. The molecule has 1 N–H and O–H groups in total. The number of fused-ring (bicyclic) bond motifs is 1. The molecular weight excluding hydrogens is 116 g/mol. The third-order valence-corrected chi connectivity index (χ3v) is 1.33. The summed E-state index contributed by atoms with van der Waals surface area (Å²) in [7, 11) is 0. The Kier molecular flexibility index (Phi) is 0.656. The van der Waals surface area contributed by atoms with Crippen LogP contribution in [-0.4, -0.2) is 17.1 Å². The molecular formula is C6H4N2O. The second kappa shape index (κ2) is 1.31. The van der Waals surface area contributed by atoms with Crippen LogP contribution in [-0.2, 0) is 0 Å². The highest BCUT2D eigenvalue weighted by molar-refractivity contribution is 6.12. The van der Waals surface area contributed by atoms with Gasteiger partial charge in [-0.25, -0.2) is 4.99 Å². The minimum absolute atomic E-state index is 0.147. The molecule has 0 radical (unpaired) electrons. The lowest BCUT2D eigenvalue weighted by Crippen LogP contribution is -1.85. The summed E-state index contributed by atoms with van der Waals surface area (Å²) in [4.78, 5) is 17.1. The molecule has 0 aromatic carbocycles. The smallest absolute Gasteiger partial charge is 0.279 e. The van der Waals surface area contributed by atoms with E-state index in [1.807, 2.05) is 0 Å². The number of aromatic nitrogens is 1. The van der Waals surface area contributed by atoms with Gasteiger partial charge in [0.05, 0.1) is 5.56 Å². The van der Waals surface area contributed by atoms with Crippen LogP contribution in [0, 0.1) is 0 Å². The van der Waals surface area contributed by atoms with Gasteiger partial charge in [-0.2, -0.15) is 0 Å². The van der Waals surface area contributed by atoms with Crippen molar-refractivity contribution < 1.29 is 4.79 Å². The standard InChI is InChI=1S/C6H4N2O/c9-6-5-3-7-1-4(5)2-8-6/h1-3,7H. The predicted octanol–water partition coefficient (Wildman–Crippen LogP) is 0.587. The van der Waals surface area contributed by atoms with Gasteiger partial charge in [0.25, 0.3) is 5.91 Å². The highest BCUT2D eigenvalue weighted by Crippen LogP contribution is 2.11. The first-order valence-corrected chi connectivity index (χ1v) is 2.63. The number of aliphatic imine (C=N–C) groups is 1. The molecule has 44 valence electrons. The number of H-pyrrole nitrogens is 1. The molecule has 0 atom stereocenters. The predicted molar refractivity (Wildman–Crippen MR) is 32.7 cm³/mol. The molecule has 2 rings (SSSR count). The van der Waals surface area contributed by atoms with E-state index >= 15 is 0 Å². The number of carbonyl (C=O) groups excluding carboxylic acids is 1. The maximum atomic E-state index is 10.7. The number of hydrogen-bond acceptors (Lipinski definition) is 1. The normalized spacial score (nSPS) is 14.4. The summed E-state index contributed by atoms with van der Waals surface area (Å²) in [6.45, 7) is 0. The van der Waals surface area contributed by atoms with Crippen LogP contribution in [0.25, 0.3) is 0 Å². The average molecular weight is 120 g/mol. The van der Waals surface area contributed by atoms with Gasteiger partial charge in [0.1, 0.15) is 0 Å². The molecule has 2 heterocycles. The number of nitrogens with zero attached hydrogens (tertiary/aromatic N) is 1. The van der Waals surface area contributed by atoms with E-state index in [-0.39, 0.29) is 5.91 Å². The summed E-state index contributed by atoms with van der Waals surface area (Å²) >= 11 is 0. The van der Waals surface area contributed by atoms with Crippen LogP contribution in [0.15, 0.2) is 17.4 Å². The van der Waals surface area contributed by atoms with Gasteiger partial charge < -0.3 is 4.98 Å². The first-order chi connectivity index (χ1) is 4.38. The zero-order chi connectivity index (χ0) is 6.27. The molecule has 0 aliphatic carbocycles. The van der Waals surface area contributed by atoms with E-state index < -0.39 is 0 Å². The van der Waals surface area contributed by atoms with E-state index in [2.05, 4.69) is 9.98 Å². The van der Waals surface area contributed by atoms with Gasteiger partial charge in [-0.15, -0.1) is 0 Å². The Bertz CT molecular complexity index is 285. The number of aromatic amines is 1. The fraction of sp³-hybridized carbons (Fsp3) is 0. The third-order valence-electron chi connectivity index (χ3n) is 1.33. The van der Waals surface area contributed by atoms with Crippen LogP contribution in [0.3, 0.4) is 0 Å². The summed E-state index contributed by atoms with van der Waals surface area (Å²) in [5.74, 6) is -0.147.